The van der Waals surface area contributed by atoms with Gasteiger partial charge in [-0.25, -0.2) is 4.98 Å². The molecular formula is C23H23BrN4O. The second-order valence-corrected chi connectivity index (χ2v) is 8.72. The number of benzene rings is 2. The molecule has 0 unspecified atom stereocenters. The summed E-state index contributed by atoms with van der Waals surface area (Å²) in [6, 6.07) is 10.4. The highest BCUT2D eigenvalue weighted by Gasteiger charge is 2.17. The lowest BCUT2D eigenvalue weighted by molar-refractivity contribution is 0.671. The van der Waals surface area contributed by atoms with Gasteiger partial charge in [-0.05, 0) is 80.1 Å². The van der Waals surface area contributed by atoms with Crippen LogP contribution in [0.1, 0.15) is 30.4 Å². The number of aromatic amines is 1. The first-order chi connectivity index (χ1) is 14.1. The van der Waals surface area contributed by atoms with Crippen LogP contribution in [0.15, 0.2) is 45.8 Å². The molecule has 0 bridgehead atoms. The van der Waals surface area contributed by atoms with E-state index < -0.39 is 0 Å². The average Bonchev–Trinajstić information content (AvgIpc) is 3.07. The van der Waals surface area contributed by atoms with Crippen molar-refractivity contribution in [1.82, 2.24) is 14.5 Å². The lowest BCUT2D eigenvalue weighted by atomic mass is 9.91. The Hall–Kier alpha value is -2.44. The fourth-order valence-electron chi connectivity index (χ4n) is 4.41. The Morgan fingerprint density at radius 1 is 1.14 bits per heavy atom. The van der Waals surface area contributed by atoms with Gasteiger partial charge in [0.1, 0.15) is 5.69 Å². The minimum Gasteiger partial charge on any atom is -0.347 e. The van der Waals surface area contributed by atoms with Crippen LogP contribution in [0, 0.1) is 0 Å². The third-order valence-corrected chi connectivity index (χ3v) is 6.35. The van der Waals surface area contributed by atoms with Gasteiger partial charge in [-0.3, -0.25) is 4.79 Å². The van der Waals surface area contributed by atoms with Crippen molar-refractivity contribution < 1.29 is 0 Å². The van der Waals surface area contributed by atoms with E-state index in [-0.39, 0.29) is 5.56 Å². The quantitative estimate of drug-likeness (QED) is 0.479. The molecule has 0 saturated carbocycles. The highest BCUT2D eigenvalue weighted by molar-refractivity contribution is 9.10. The monoisotopic (exact) mass is 450 g/mol. The summed E-state index contributed by atoms with van der Waals surface area (Å²) < 4.78 is 3.15. The number of H-pyrrole nitrogens is 1. The molecule has 0 fully saturated rings. The van der Waals surface area contributed by atoms with Gasteiger partial charge in [-0.1, -0.05) is 15.9 Å². The van der Waals surface area contributed by atoms with Crippen molar-refractivity contribution in [3.8, 4) is 11.3 Å². The maximum atomic E-state index is 13.0. The van der Waals surface area contributed by atoms with Crippen molar-refractivity contribution in [2.75, 3.05) is 6.54 Å². The minimum atomic E-state index is -0.147. The van der Waals surface area contributed by atoms with Crippen LogP contribution in [0.4, 0.5) is 0 Å². The number of fused-ring (bicyclic) bond motifs is 3. The van der Waals surface area contributed by atoms with Gasteiger partial charge >= 0.3 is 0 Å². The molecule has 5 rings (SSSR count). The zero-order valence-electron chi connectivity index (χ0n) is 16.2. The summed E-state index contributed by atoms with van der Waals surface area (Å²) in [5.41, 5.74) is 12.4. The van der Waals surface area contributed by atoms with Crippen molar-refractivity contribution in [1.29, 1.82) is 0 Å². The van der Waals surface area contributed by atoms with Crippen LogP contribution in [-0.4, -0.2) is 21.1 Å². The molecule has 0 saturated heterocycles. The predicted molar refractivity (Wildman–Crippen MR) is 121 cm³/mol. The smallest absolute Gasteiger partial charge is 0.275 e. The maximum Gasteiger partial charge on any atom is 0.275 e. The number of hydrogen-bond acceptors (Lipinski definition) is 3. The molecule has 0 amide bonds. The van der Waals surface area contributed by atoms with Gasteiger partial charge in [0.2, 0.25) is 0 Å². The topological polar surface area (TPSA) is 76.7 Å². The van der Waals surface area contributed by atoms with Gasteiger partial charge in [0.25, 0.3) is 5.56 Å². The number of rotatable bonds is 4. The summed E-state index contributed by atoms with van der Waals surface area (Å²) in [5, 5.41) is 1.02. The fraction of sp³-hybridized carbons (Fsp3) is 0.304. The standard InChI is InChI=1S/C23H23BrN4O/c24-16-6-7-21-17(12-16)18(13-28(21)9-3-8-25)22-23(29)27-20-11-15-5-2-1-4-14(15)10-19(20)26-22/h6-7,10-13H,1-5,8-9,25H2,(H,27,29). The molecule has 148 valence electrons. The van der Waals surface area contributed by atoms with E-state index in [1.807, 2.05) is 12.3 Å². The van der Waals surface area contributed by atoms with E-state index in [2.05, 4.69) is 49.7 Å². The summed E-state index contributed by atoms with van der Waals surface area (Å²) in [6.45, 7) is 1.44. The molecule has 5 nitrogen and oxygen atoms in total. The molecule has 2 aromatic carbocycles. The molecule has 0 atom stereocenters. The molecule has 29 heavy (non-hydrogen) atoms. The van der Waals surface area contributed by atoms with Crippen molar-refractivity contribution in [2.45, 2.75) is 38.6 Å². The van der Waals surface area contributed by atoms with E-state index in [4.69, 9.17) is 10.7 Å². The van der Waals surface area contributed by atoms with Gasteiger partial charge in [-0.2, -0.15) is 0 Å². The third-order valence-electron chi connectivity index (χ3n) is 5.86. The summed E-state index contributed by atoms with van der Waals surface area (Å²) in [5.74, 6) is 0. The van der Waals surface area contributed by atoms with Crippen LogP contribution in [-0.2, 0) is 19.4 Å². The predicted octanol–water partition coefficient (Wildman–Crippen LogP) is 4.53. The number of nitrogens with two attached hydrogens (primary N) is 1. The minimum absolute atomic E-state index is 0.147. The molecule has 1 aliphatic carbocycles. The number of nitrogens with one attached hydrogen (secondary N) is 1. The molecule has 2 heterocycles. The van der Waals surface area contributed by atoms with Crippen LogP contribution >= 0.6 is 15.9 Å². The van der Waals surface area contributed by atoms with Crippen LogP contribution < -0.4 is 11.3 Å². The highest BCUT2D eigenvalue weighted by Crippen LogP contribution is 2.32. The fourth-order valence-corrected chi connectivity index (χ4v) is 4.77. The number of aryl methyl sites for hydroxylation is 3. The first-order valence-corrected chi connectivity index (χ1v) is 11.0. The molecule has 0 radical (unpaired) electrons. The highest BCUT2D eigenvalue weighted by atomic mass is 79.9. The Kier molecular flexibility index (Phi) is 4.76. The number of aromatic nitrogens is 3. The largest absolute Gasteiger partial charge is 0.347 e. The number of nitrogens with zero attached hydrogens (tertiary/aromatic N) is 2. The van der Waals surface area contributed by atoms with Crippen LogP contribution in [0.5, 0.6) is 0 Å². The first-order valence-electron chi connectivity index (χ1n) is 10.2. The van der Waals surface area contributed by atoms with E-state index in [1.165, 1.54) is 24.0 Å². The van der Waals surface area contributed by atoms with Gasteiger partial charge in [0.15, 0.2) is 0 Å². The average molecular weight is 451 g/mol. The lowest BCUT2D eigenvalue weighted by Crippen LogP contribution is -2.13. The van der Waals surface area contributed by atoms with Gasteiger partial charge < -0.3 is 15.3 Å². The number of hydrogen-bond donors (Lipinski definition) is 2. The molecule has 6 heteroatoms. The Bertz CT molecular complexity index is 1290. The Morgan fingerprint density at radius 2 is 1.93 bits per heavy atom. The van der Waals surface area contributed by atoms with Gasteiger partial charge in [0.05, 0.1) is 11.0 Å². The van der Waals surface area contributed by atoms with Crippen LogP contribution in [0.25, 0.3) is 33.2 Å². The Labute approximate surface area is 177 Å². The summed E-state index contributed by atoms with van der Waals surface area (Å²) in [6.07, 6.45) is 7.52. The normalized spacial score (nSPS) is 13.9. The van der Waals surface area contributed by atoms with Crippen molar-refractivity contribution in [3.63, 3.8) is 0 Å². The van der Waals surface area contributed by atoms with Crippen molar-refractivity contribution in [2.24, 2.45) is 5.73 Å². The van der Waals surface area contributed by atoms with E-state index in [1.54, 1.807) is 0 Å². The second kappa shape index (κ2) is 7.43. The van der Waals surface area contributed by atoms with E-state index in [0.29, 0.717) is 12.2 Å². The molecule has 4 aromatic rings. The van der Waals surface area contributed by atoms with Gasteiger partial charge in [0, 0.05) is 33.7 Å². The summed E-state index contributed by atoms with van der Waals surface area (Å²) in [7, 11) is 0. The van der Waals surface area contributed by atoms with Crippen LogP contribution in [0.2, 0.25) is 0 Å². The summed E-state index contributed by atoms with van der Waals surface area (Å²) in [4.78, 5) is 20.9. The SMILES string of the molecule is NCCCn1cc(-c2nc3cc4c(cc3[nH]c2=O)CCCC4)c2cc(Br)ccc21. The zero-order chi connectivity index (χ0) is 20.0. The molecular weight excluding hydrogens is 428 g/mol. The van der Waals surface area contributed by atoms with Gasteiger partial charge in [-0.15, -0.1) is 0 Å². The number of halogens is 1. The van der Waals surface area contributed by atoms with Crippen LogP contribution in [0.3, 0.4) is 0 Å². The molecule has 1 aliphatic rings. The van der Waals surface area contributed by atoms with Crippen molar-refractivity contribution in [3.05, 3.63) is 62.5 Å². The Morgan fingerprint density at radius 3 is 2.72 bits per heavy atom. The first kappa shape index (κ1) is 18.6. The van der Waals surface area contributed by atoms with Crippen molar-refractivity contribution >= 4 is 37.9 Å². The zero-order valence-corrected chi connectivity index (χ0v) is 17.8. The molecule has 0 aliphatic heterocycles. The van der Waals surface area contributed by atoms with E-state index >= 15 is 0 Å². The maximum absolute atomic E-state index is 13.0. The Balaban J connectivity index is 1.72. The third kappa shape index (κ3) is 3.30. The van der Waals surface area contributed by atoms with E-state index in [0.717, 1.165) is 57.8 Å². The molecule has 3 N–H and O–H groups in total. The molecule has 2 aromatic heterocycles. The molecule has 0 spiro atoms. The lowest BCUT2D eigenvalue weighted by Gasteiger charge is -2.16. The summed E-state index contributed by atoms with van der Waals surface area (Å²) >= 11 is 3.56. The van der Waals surface area contributed by atoms with E-state index in [9.17, 15) is 4.79 Å². The second-order valence-electron chi connectivity index (χ2n) is 7.80.